The highest BCUT2D eigenvalue weighted by Crippen LogP contribution is 2.26. The quantitative estimate of drug-likeness (QED) is 0.841. The molecule has 0 amide bonds. The summed E-state index contributed by atoms with van der Waals surface area (Å²) in [7, 11) is -3.12. The van der Waals surface area contributed by atoms with E-state index >= 15 is 0 Å². The van der Waals surface area contributed by atoms with Crippen molar-refractivity contribution in [1.29, 1.82) is 0 Å². The van der Waals surface area contributed by atoms with E-state index in [0.717, 1.165) is 22.3 Å². The molecule has 0 unspecified atom stereocenters. The molecule has 0 heterocycles. The van der Waals surface area contributed by atoms with Crippen molar-refractivity contribution in [2.45, 2.75) is 22.5 Å². The highest BCUT2D eigenvalue weighted by Gasteiger charge is 2.16. The van der Waals surface area contributed by atoms with Crippen LogP contribution in [0.1, 0.15) is 11.1 Å². The smallest absolute Gasteiger partial charge is 0.179 e. The molecule has 2 aromatic carbocycles. The largest absolute Gasteiger partial charge is 0.495 e. The first-order valence-corrected chi connectivity index (χ1v) is 9.85. The lowest BCUT2D eigenvalue weighted by molar-refractivity contribution is 0.402. The van der Waals surface area contributed by atoms with E-state index in [9.17, 15) is 12.6 Å². The molecule has 0 aliphatic heterocycles. The second-order valence-electron chi connectivity index (χ2n) is 5.01. The lowest BCUT2D eigenvalue weighted by Crippen LogP contribution is -2.03. The molecule has 0 radical (unpaired) electrons. The summed E-state index contributed by atoms with van der Waals surface area (Å²) in [4.78, 5) is 0.925. The molecule has 0 saturated heterocycles. The van der Waals surface area contributed by atoms with Crippen molar-refractivity contribution in [3.63, 3.8) is 0 Å². The summed E-state index contributed by atoms with van der Waals surface area (Å²) >= 11 is 0. The minimum Gasteiger partial charge on any atom is -0.495 e. The predicted octanol–water partition coefficient (Wildman–Crippen LogP) is 2.71. The number of hydrogen-bond donors (Lipinski definition) is 0. The molecular weight excluding hydrogens is 320 g/mol. The first-order valence-electron chi connectivity index (χ1n) is 6.64. The monoisotopic (exact) mass is 338 g/mol. The topological polar surface area (TPSA) is 60.4 Å². The Balaban J connectivity index is 2.32. The van der Waals surface area contributed by atoms with Gasteiger partial charge in [0, 0.05) is 11.2 Å². The van der Waals surface area contributed by atoms with Gasteiger partial charge in [0.15, 0.2) is 9.84 Å². The van der Waals surface area contributed by atoms with Gasteiger partial charge in [-0.25, -0.2) is 8.42 Å². The van der Waals surface area contributed by atoms with Gasteiger partial charge in [-0.15, -0.1) is 0 Å². The Kier molecular flexibility index (Phi) is 5.03. The van der Waals surface area contributed by atoms with Crippen LogP contribution in [-0.2, 0) is 26.4 Å². The zero-order chi connectivity index (χ0) is 16.3. The Morgan fingerprint density at radius 3 is 2.41 bits per heavy atom. The molecule has 2 aromatic rings. The van der Waals surface area contributed by atoms with E-state index in [1.165, 1.54) is 13.2 Å². The van der Waals surface area contributed by atoms with Crippen LogP contribution in [0.4, 0.5) is 0 Å². The standard InChI is InChI=1S/C16H18O4S2/c1-12-6-4-5-7-15(12)21(17)11-13-8-9-16(22(3,18)19)14(10-13)20-2/h4-10H,11H2,1-3H3/t21-/m1/s1. The van der Waals surface area contributed by atoms with Gasteiger partial charge in [0.1, 0.15) is 10.6 Å². The van der Waals surface area contributed by atoms with Crippen molar-refractivity contribution in [1.82, 2.24) is 0 Å². The normalized spacial score (nSPS) is 12.9. The molecule has 0 aliphatic carbocycles. The van der Waals surface area contributed by atoms with Gasteiger partial charge in [0.05, 0.1) is 23.7 Å². The van der Waals surface area contributed by atoms with Crippen LogP contribution in [0, 0.1) is 6.92 Å². The fourth-order valence-electron chi connectivity index (χ4n) is 2.15. The average Bonchev–Trinajstić information content (AvgIpc) is 2.46. The van der Waals surface area contributed by atoms with Crippen LogP contribution in [0.3, 0.4) is 0 Å². The third-order valence-electron chi connectivity index (χ3n) is 3.26. The number of aryl methyl sites for hydroxylation is 1. The van der Waals surface area contributed by atoms with E-state index < -0.39 is 20.6 Å². The summed E-state index contributed by atoms with van der Waals surface area (Å²) in [5, 5.41) is 0. The predicted molar refractivity (Wildman–Crippen MR) is 87.4 cm³/mol. The van der Waals surface area contributed by atoms with Gasteiger partial charge in [-0.1, -0.05) is 24.3 Å². The molecule has 0 aliphatic rings. The Hall–Kier alpha value is -1.66. The van der Waals surface area contributed by atoms with Crippen LogP contribution in [0.2, 0.25) is 0 Å². The Morgan fingerprint density at radius 2 is 1.82 bits per heavy atom. The van der Waals surface area contributed by atoms with Crippen LogP contribution in [0.5, 0.6) is 5.75 Å². The Bertz CT molecular complexity index is 811. The van der Waals surface area contributed by atoms with Gasteiger partial charge in [-0.05, 0) is 36.2 Å². The molecule has 6 heteroatoms. The number of ether oxygens (including phenoxy) is 1. The van der Waals surface area contributed by atoms with Crippen LogP contribution in [0.25, 0.3) is 0 Å². The number of sulfone groups is 1. The summed E-state index contributed by atoms with van der Waals surface area (Å²) in [5.41, 5.74) is 1.74. The molecule has 0 aromatic heterocycles. The molecular formula is C16H18O4S2. The molecule has 118 valence electrons. The highest BCUT2D eigenvalue weighted by atomic mass is 32.2. The molecule has 0 saturated carbocycles. The summed E-state index contributed by atoms with van der Waals surface area (Å²) < 4.78 is 41.0. The molecule has 0 bridgehead atoms. The fourth-order valence-corrected chi connectivity index (χ4v) is 4.27. The summed E-state index contributed by atoms with van der Waals surface area (Å²) in [5.74, 6) is 0.590. The zero-order valence-corrected chi connectivity index (χ0v) is 14.3. The fraction of sp³-hybridized carbons (Fsp3) is 0.250. The molecule has 0 spiro atoms. The first kappa shape index (κ1) is 16.7. The van der Waals surface area contributed by atoms with Gasteiger partial charge < -0.3 is 4.74 Å². The number of benzene rings is 2. The van der Waals surface area contributed by atoms with Crippen molar-refractivity contribution >= 4 is 20.6 Å². The third-order valence-corrected chi connectivity index (χ3v) is 5.94. The molecule has 1 atom stereocenters. The van der Waals surface area contributed by atoms with E-state index in [1.807, 2.05) is 31.2 Å². The van der Waals surface area contributed by atoms with E-state index in [4.69, 9.17) is 4.74 Å². The first-order chi connectivity index (χ1) is 10.3. The maximum absolute atomic E-state index is 12.5. The number of hydrogen-bond acceptors (Lipinski definition) is 4. The van der Waals surface area contributed by atoms with Gasteiger partial charge >= 0.3 is 0 Å². The second kappa shape index (κ2) is 6.62. The molecule has 0 N–H and O–H groups in total. The molecule has 4 nitrogen and oxygen atoms in total. The number of rotatable bonds is 5. The third kappa shape index (κ3) is 3.75. The minimum absolute atomic E-state index is 0.139. The van der Waals surface area contributed by atoms with E-state index in [-0.39, 0.29) is 10.6 Å². The van der Waals surface area contributed by atoms with Crippen LogP contribution < -0.4 is 4.74 Å². The minimum atomic E-state index is -3.35. The number of methoxy groups -OCH3 is 1. The van der Waals surface area contributed by atoms with Crippen molar-refractivity contribution in [2.24, 2.45) is 0 Å². The Labute approximate surface area is 133 Å². The maximum atomic E-state index is 12.5. The maximum Gasteiger partial charge on any atom is 0.179 e. The highest BCUT2D eigenvalue weighted by molar-refractivity contribution is 7.90. The van der Waals surface area contributed by atoms with Gasteiger partial charge in [0.2, 0.25) is 0 Å². The van der Waals surface area contributed by atoms with E-state index in [0.29, 0.717) is 5.75 Å². The lowest BCUT2D eigenvalue weighted by Gasteiger charge is -2.10. The summed E-state index contributed by atoms with van der Waals surface area (Å²) in [6.07, 6.45) is 1.13. The van der Waals surface area contributed by atoms with Crippen molar-refractivity contribution in [2.75, 3.05) is 13.4 Å². The average molecular weight is 338 g/mol. The molecule has 22 heavy (non-hydrogen) atoms. The SMILES string of the molecule is COc1cc(C[S@@](=O)c2ccccc2C)ccc1S(C)(=O)=O. The Morgan fingerprint density at radius 1 is 1.14 bits per heavy atom. The van der Waals surface area contributed by atoms with Crippen molar-refractivity contribution in [3.8, 4) is 5.75 Å². The van der Waals surface area contributed by atoms with E-state index in [1.54, 1.807) is 12.1 Å². The summed E-state index contributed by atoms with van der Waals surface area (Å²) in [6, 6.07) is 12.3. The molecule has 0 fully saturated rings. The summed E-state index contributed by atoms with van der Waals surface area (Å²) in [6.45, 7) is 1.92. The van der Waals surface area contributed by atoms with Gasteiger partial charge in [-0.3, -0.25) is 4.21 Å². The van der Waals surface area contributed by atoms with Crippen molar-refractivity contribution < 1.29 is 17.4 Å². The van der Waals surface area contributed by atoms with Gasteiger partial charge in [0.25, 0.3) is 0 Å². The zero-order valence-electron chi connectivity index (χ0n) is 12.7. The second-order valence-corrected chi connectivity index (χ2v) is 8.42. The van der Waals surface area contributed by atoms with Crippen LogP contribution in [0.15, 0.2) is 52.3 Å². The molecule has 2 rings (SSSR count). The van der Waals surface area contributed by atoms with Crippen molar-refractivity contribution in [3.05, 3.63) is 53.6 Å². The van der Waals surface area contributed by atoms with Gasteiger partial charge in [-0.2, -0.15) is 0 Å². The van der Waals surface area contributed by atoms with Crippen LogP contribution in [-0.4, -0.2) is 26.0 Å². The van der Waals surface area contributed by atoms with E-state index in [2.05, 4.69) is 0 Å². The van der Waals surface area contributed by atoms with Crippen LogP contribution >= 0.6 is 0 Å². The lowest BCUT2D eigenvalue weighted by atomic mass is 10.2.